The first-order chi connectivity index (χ1) is 8.06. The van der Waals surface area contributed by atoms with Gasteiger partial charge in [-0.2, -0.15) is 9.37 Å². The summed E-state index contributed by atoms with van der Waals surface area (Å²) < 4.78 is 38.5. The van der Waals surface area contributed by atoms with Crippen LogP contribution in [0.3, 0.4) is 0 Å². The number of hydrogen-bond acceptors (Lipinski definition) is 4. The Morgan fingerprint density at radius 3 is 2.76 bits per heavy atom. The maximum Gasteiger partial charge on any atom is 0.304 e. The summed E-state index contributed by atoms with van der Waals surface area (Å²) in [6.07, 6.45) is 0. The molecule has 0 spiro atoms. The van der Waals surface area contributed by atoms with Gasteiger partial charge in [0.15, 0.2) is 17.5 Å². The van der Waals surface area contributed by atoms with E-state index in [4.69, 9.17) is 0 Å². The first kappa shape index (κ1) is 11.6. The Balaban J connectivity index is 2.14. The molecule has 0 atom stereocenters. The van der Waals surface area contributed by atoms with Gasteiger partial charge in [0.05, 0.1) is 6.54 Å². The zero-order valence-electron chi connectivity index (χ0n) is 8.26. The molecular formula is C9H6F3N3OS. The molecule has 2 aromatic rings. The maximum atomic E-state index is 13.1. The van der Waals surface area contributed by atoms with Crippen LogP contribution in [-0.4, -0.2) is 9.97 Å². The summed E-state index contributed by atoms with van der Waals surface area (Å²) in [7, 11) is 0. The van der Waals surface area contributed by atoms with Gasteiger partial charge in [0.1, 0.15) is 0 Å². The van der Waals surface area contributed by atoms with E-state index in [2.05, 4.69) is 15.3 Å². The number of aromatic nitrogens is 2. The van der Waals surface area contributed by atoms with Crippen molar-refractivity contribution in [1.82, 2.24) is 9.97 Å². The second-order valence-corrected chi connectivity index (χ2v) is 3.96. The monoisotopic (exact) mass is 261 g/mol. The van der Waals surface area contributed by atoms with E-state index < -0.39 is 23.4 Å². The fourth-order valence-corrected chi connectivity index (χ4v) is 1.73. The lowest BCUT2D eigenvalue weighted by Gasteiger charge is -2.05. The highest BCUT2D eigenvalue weighted by atomic mass is 32.1. The van der Waals surface area contributed by atoms with Gasteiger partial charge in [0.25, 0.3) is 5.95 Å². The number of nitrogens with one attached hydrogen (secondary N) is 2. The normalized spacial score (nSPS) is 10.5. The molecule has 90 valence electrons. The predicted octanol–water partition coefficient (Wildman–Crippen LogP) is 1.86. The van der Waals surface area contributed by atoms with E-state index in [9.17, 15) is 18.0 Å². The molecule has 2 aromatic heterocycles. The molecule has 17 heavy (non-hydrogen) atoms. The van der Waals surface area contributed by atoms with Crippen LogP contribution in [0.4, 0.5) is 19.0 Å². The molecular weight excluding hydrogens is 255 g/mol. The lowest BCUT2D eigenvalue weighted by Crippen LogP contribution is -2.07. The fraction of sp³-hybridized carbons (Fsp3) is 0.111. The fourth-order valence-electron chi connectivity index (χ4n) is 1.15. The third kappa shape index (κ3) is 2.64. The van der Waals surface area contributed by atoms with E-state index in [0.29, 0.717) is 11.8 Å². The van der Waals surface area contributed by atoms with Crippen LogP contribution >= 0.6 is 11.3 Å². The molecule has 0 unspecified atom stereocenters. The van der Waals surface area contributed by atoms with Crippen LogP contribution in [0.15, 0.2) is 16.2 Å². The highest BCUT2D eigenvalue weighted by Gasteiger charge is 2.11. The molecule has 0 aliphatic rings. The van der Waals surface area contributed by atoms with Crippen molar-refractivity contribution in [3.8, 4) is 0 Å². The van der Waals surface area contributed by atoms with Crippen LogP contribution in [0.5, 0.6) is 0 Å². The van der Waals surface area contributed by atoms with Crippen LogP contribution in [0.25, 0.3) is 0 Å². The molecule has 4 nitrogen and oxygen atoms in total. The number of halogens is 3. The highest BCUT2D eigenvalue weighted by molar-refractivity contribution is 7.07. The number of hydrogen-bond donors (Lipinski definition) is 2. The summed E-state index contributed by atoms with van der Waals surface area (Å²) in [5.41, 5.74) is 0.505. The SMILES string of the molecule is O=c1[nH]c(CNc2nc(F)c(F)cc2F)cs1. The Labute approximate surface area is 97.1 Å². The van der Waals surface area contributed by atoms with Crippen LogP contribution in [-0.2, 0) is 6.54 Å². The van der Waals surface area contributed by atoms with Crippen LogP contribution in [0, 0.1) is 17.6 Å². The lowest BCUT2D eigenvalue weighted by atomic mass is 10.4. The van der Waals surface area contributed by atoms with Crippen molar-refractivity contribution < 1.29 is 13.2 Å². The van der Waals surface area contributed by atoms with Gasteiger partial charge in [-0.15, -0.1) is 0 Å². The number of anilines is 1. The minimum atomic E-state index is -1.38. The Morgan fingerprint density at radius 1 is 1.35 bits per heavy atom. The molecule has 0 aliphatic carbocycles. The van der Waals surface area contributed by atoms with Gasteiger partial charge in [-0.05, 0) is 0 Å². The molecule has 8 heteroatoms. The zero-order chi connectivity index (χ0) is 12.4. The van der Waals surface area contributed by atoms with Crippen molar-refractivity contribution in [2.45, 2.75) is 6.54 Å². The Bertz CT molecular complexity index is 595. The van der Waals surface area contributed by atoms with Gasteiger partial charge in [0.2, 0.25) is 0 Å². The number of rotatable bonds is 3. The Hall–Kier alpha value is -1.83. The molecule has 0 saturated carbocycles. The minimum absolute atomic E-state index is 0.0632. The minimum Gasteiger partial charge on any atom is -0.362 e. The summed E-state index contributed by atoms with van der Waals surface area (Å²) in [4.78, 5) is 16.1. The number of H-pyrrole nitrogens is 1. The number of thiazole rings is 1. The molecule has 0 aromatic carbocycles. The van der Waals surface area contributed by atoms with Gasteiger partial charge in [-0.25, -0.2) is 8.78 Å². The van der Waals surface area contributed by atoms with Gasteiger partial charge in [-0.1, -0.05) is 11.3 Å². The van der Waals surface area contributed by atoms with Crippen molar-refractivity contribution >= 4 is 17.2 Å². The maximum absolute atomic E-state index is 13.1. The Kier molecular flexibility index (Phi) is 3.14. The van der Waals surface area contributed by atoms with Crippen LogP contribution < -0.4 is 10.2 Å². The second kappa shape index (κ2) is 4.58. The topological polar surface area (TPSA) is 57.8 Å². The summed E-state index contributed by atoms with van der Waals surface area (Å²) >= 11 is 0.950. The van der Waals surface area contributed by atoms with E-state index in [0.717, 1.165) is 11.3 Å². The number of aromatic amines is 1. The number of nitrogens with zero attached hydrogens (tertiary/aromatic N) is 1. The molecule has 0 radical (unpaired) electrons. The summed E-state index contributed by atoms with van der Waals surface area (Å²) in [5.74, 6) is -4.14. The smallest absolute Gasteiger partial charge is 0.304 e. The van der Waals surface area contributed by atoms with E-state index in [-0.39, 0.29) is 11.4 Å². The summed E-state index contributed by atoms with van der Waals surface area (Å²) in [6, 6.07) is 0.404. The van der Waals surface area contributed by atoms with E-state index >= 15 is 0 Å². The first-order valence-corrected chi connectivity index (χ1v) is 5.36. The molecule has 0 saturated heterocycles. The van der Waals surface area contributed by atoms with Crippen molar-refractivity contribution in [3.05, 3.63) is 44.4 Å². The first-order valence-electron chi connectivity index (χ1n) is 4.48. The quantitative estimate of drug-likeness (QED) is 0.829. The average molecular weight is 261 g/mol. The van der Waals surface area contributed by atoms with Crippen LogP contribution in [0.2, 0.25) is 0 Å². The van der Waals surface area contributed by atoms with Crippen LogP contribution in [0.1, 0.15) is 5.69 Å². The van der Waals surface area contributed by atoms with Gasteiger partial charge < -0.3 is 10.3 Å². The standard InChI is InChI=1S/C9H6F3N3OS/c10-5-1-6(11)8(15-7(5)12)13-2-4-3-17-9(16)14-4/h1,3H,2H2,(H,13,15)(H,14,16). The molecule has 2 N–H and O–H groups in total. The predicted molar refractivity (Wildman–Crippen MR) is 56.4 cm³/mol. The van der Waals surface area contributed by atoms with E-state index in [1.165, 1.54) is 5.38 Å². The molecule has 2 heterocycles. The van der Waals surface area contributed by atoms with Gasteiger partial charge in [-0.3, -0.25) is 4.79 Å². The summed E-state index contributed by atoms with van der Waals surface area (Å²) in [5, 5.41) is 3.99. The van der Waals surface area contributed by atoms with Crippen molar-refractivity contribution in [1.29, 1.82) is 0 Å². The zero-order valence-corrected chi connectivity index (χ0v) is 9.08. The van der Waals surface area contributed by atoms with E-state index in [1.54, 1.807) is 0 Å². The largest absolute Gasteiger partial charge is 0.362 e. The van der Waals surface area contributed by atoms with Crippen molar-refractivity contribution in [2.75, 3.05) is 5.32 Å². The lowest BCUT2D eigenvalue weighted by molar-refractivity contribution is 0.466. The molecule has 0 fully saturated rings. The van der Waals surface area contributed by atoms with Gasteiger partial charge >= 0.3 is 4.87 Å². The molecule has 0 aliphatic heterocycles. The van der Waals surface area contributed by atoms with E-state index in [1.807, 2.05) is 0 Å². The number of pyridine rings is 1. The third-order valence-electron chi connectivity index (χ3n) is 1.90. The molecule has 0 amide bonds. The van der Waals surface area contributed by atoms with Gasteiger partial charge in [0, 0.05) is 17.1 Å². The second-order valence-electron chi connectivity index (χ2n) is 3.12. The average Bonchev–Trinajstić information content (AvgIpc) is 2.68. The van der Waals surface area contributed by atoms with Crippen molar-refractivity contribution in [3.63, 3.8) is 0 Å². The molecule has 0 bridgehead atoms. The highest BCUT2D eigenvalue weighted by Crippen LogP contribution is 2.14. The Morgan fingerprint density at radius 2 is 2.12 bits per heavy atom. The molecule has 2 rings (SSSR count). The third-order valence-corrected chi connectivity index (χ3v) is 2.62. The summed E-state index contributed by atoms with van der Waals surface area (Å²) in [6.45, 7) is 0.0632. The van der Waals surface area contributed by atoms with Crippen molar-refractivity contribution in [2.24, 2.45) is 0 Å².